The number of unbranched alkanes of at least 4 members (excludes halogenated alkanes) is 2. The first-order valence-corrected chi connectivity index (χ1v) is 13.2. The van der Waals surface area contributed by atoms with Crippen LogP contribution in [0.5, 0.6) is 0 Å². The van der Waals surface area contributed by atoms with Crippen LogP contribution in [0.25, 0.3) is 6.08 Å². The molecule has 33 heavy (non-hydrogen) atoms. The highest BCUT2D eigenvalue weighted by Crippen LogP contribution is 2.37. The zero-order chi connectivity index (χ0) is 24.1. The Bertz CT molecular complexity index is 1050. The summed E-state index contributed by atoms with van der Waals surface area (Å²) in [7, 11) is 0. The Kier molecular flexibility index (Phi) is 8.77. The molecule has 6 nitrogen and oxygen atoms in total. The Balaban J connectivity index is 2.20. The Morgan fingerprint density at radius 1 is 1.21 bits per heavy atom. The lowest BCUT2D eigenvalue weighted by atomic mass is 9.98. The van der Waals surface area contributed by atoms with Gasteiger partial charge in [0.1, 0.15) is 21.8 Å². The lowest BCUT2D eigenvalue weighted by Gasteiger charge is -2.36. The van der Waals surface area contributed by atoms with Crippen molar-refractivity contribution in [1.29, 1.82) is 5.26 Å². The molecule has 2 saturated heterocycles. The summed E-state index contributed by atoms with van der Waals surface area (Å²) in [6.07, 6.45) is 7.78. The van der Waals surface area contributed by atoms with Gasteiger partial charge < -0.3 is 4.90 Å². The number of piperidine rings is 1. The maximum atomic E-state index is 13.3. The number of carbonyl (C=O) groups excluding carboxylic acids is 1. The predicted molar refractivity (Wildman–Crippen MR) is 140 cm³/mol. The summed E-state index contributed by atoms with van der Waals surface area (Å²) in [6.45, 7) is 11.1. The zero-order valence-electron chi connectivity index (χ0n) is 20.1. The van der Waals surface area contributed by atoms with Gasteiger partial charge in [0.05, 0.1) is 4.91 Å². The Hall–Kier alpha value is -2.11. The number of rotatable bonds is 8. The monoisotopic (exact) mass is 486 g/mol. The molecule has 1 unspecified atom stereocenters. The summed E-state index contributed by atoms with van der Waals surface area (Å²) in [6, 6.07) is 2.13. The third-order valence-electron chi connectivity index (χ3n) is 6.42. The van der Waals surface area contributed by atoms with Gasteiger partial charge in [-0.3, -0.25) is 19.1 Å². The van der Waals surface area contributed by atoms with E-state index in [4.69, 9.17) is 12.2 Å². The molecule has 178 valence electrons. The minimum atomic E-state index is -0.232. The molecule has 8 heteroatoms. The largest absolute Gasteiger partial charge is 0.357 e. The maximum Gasteiger partial charge on any atom is 0.270 e. The van der Waals surface area contributed by atoms with Crippen molar-refractivity contribution in [2.75, 3.05) is 24.5 Å². The maximum absolute atomic E-state index is 13.3. The van der Waals surface area contributed by atoms with Crippen LogP contribution in [0.2, 0.25) is 0 Å². The van der Waals surface area contributed by atoms with Gasteiger partial charge in [0, 0.05) is 31.7 Å². The lowest BCUT2D eigenvalue weighted by Crippen LogP contribution is -2.40. The fourth-order valence-electron chi connectivity index (χ4n) is 4.53. The number of hydrogen-bond acceptors (Lipinski definition) is 6. The average molecular weight is 487 g/mol. The molecule has 1 aromatic rings. The second-order valence-corrected chi connectivity index (χ2v) is 10.7. The standard InChI is InChI=1S/C25H34N4O2S2/c1-5-7-12-28-22(27-11-9-10-17(3)16-27)19(18(4)20(15-26)23(28)30)14-21-24(31)29(13-8-6-2)25(32)33-21/h14,17H,5-13,16H2,1-4H3/b21-14-. The molecule has 2 fully saturated rings. The summed E-state index contributed by atoms with van der Waals surface area (Å²) in [5.74, 6) is 1.28. The van der Waals surface area contributed by atoms with Crippen LogP contribution in [-0.2, 0) is 11.3 Å². The first-order chi connectivity index (χ1) is 15.8. The van der Waals surface area contributed by atoms with Crippen LogP contribution in [0.1, 0.15) is 76.0 Å². The smallest absolute Gasteiger partial charge is 0.270 e. The van der Waals surface area contributed by atoms with E-state index in [1.165, 1.54) is 11.8 Å². The van der Waals surface area contributed by atoms with Crippen molar-refractivity contribution >= 4 is 46.1 Å². The third kappa shape index (κ3) is 5.36. The van der Waals surface area contributed by atoms with Crippen molar-refractivity contribution in [3.05, 3.63) is 31.9 Å². The van der Waals surface area contributed by atoms with E-state index < -0.39 is 0 Å². The van der Waals surface area contributed by atoms with E-state index in [1.807, 2.05) is 13.0 Å². The van der Waals surface area contributed by atoms with Gasteiger partial charge in [0.15, 0.2) is 0 Å². The SMILES string of the molecule is CCCCN1C(=O)/C(=C/c2c(C)c(C#N)c(=O)n(CCCC)c2N2CCCC(C)C2)SC1=S. The van der Waals surface area contributed by atoms with Gasteiger partial charge in [-0.25, -0.2) is 0 Å². The average Bonchev–Trinajstić information content (AvgIpc) is 3.05. The Morgan fingerprint density at radius 3 is 2.55 bits per heavy atom. The van der Waals surface area contributed by atoms with Gasteiger partial charge in [-0.1, -0.05) is 57.6 Å². The van der Waals surface area contributed by atoms with E-state index in [-0.39, 0.29) is 17.0 Å². The van der Waals surface area contributed by atoms with E-state index in [2.05, 4.69) is 31.7 Å². The molecule has 0 N–H and O–H groups in total. The molecule has 0 aromatic carbocycles. The fourth-order valence-corrected chi connectivity index (χ4v) is 5.82. The molecule has 3 heterocycles. The number of pyridine rings is 1. The van der Waals surface area contributed by atoms with Crippen LogP contribution >= 0.6 is 24.0 Å². The van der Waals surface area contributed by atoms with E-state index >= 15 is 0 Å². The van der Waals surface area contributed by atoms with Crippen LogP contribution in [-0.4, -0.2) is 39.3 Å². The number of carbonyl (C=O) groups is 1. The Labute approximate surface area is 206 Å². The van der Waals surface area contributed by atoms with Gasteiger partial charge in [-0.15, -0.1) is 0 Å². The molecule has 0 spiro atoms. The molecule has 1 aromatic heterocycles. The number of amides is 1. The van der Waals surface area contributed by atoms with Crippen LogP contribution in [0.15, 0.2) is 9.70 Å². The molecule has 2 aliphatic heterocycles. The van der Waals surface area contributed by atoms with E-state index in [9.17, 15) is 14.9 Å². The van der Waals surface area contributed by atoms with Gasteiger partial charge in [0.2, 0.25) is 0 Å². The lowest BCUT2D eigenvalue weighted by molar-refractivity contribution is -0.122. The van der Waals surface area contributed by atoms with Gasteiger partial charge >= 0.3 is 0 Å². The van der Waals surface area contributed by atoms with Crippen LogP contribution in [0.3, 0.4) is 0 Å². The summed E-state index contributed by atoms with van der Waals surface area (Å²) in [4.78, 5) is 31.0. The van der Waals surface area contributed by atoms with Crippen molar-refractivity contribution in [2.24, 2.45) is 5.92 Å². The molecule has 1 amide bonds. The highest BCUT2D eigenvalue weighted by Gasteiger charge is 2.33. The van der Waals surface area contributed by atoms with Crippen LogP contribution in [0.4, 0.5) is 5.82 Å². The van der Waals surface area contributed by atoms with Gasteiger partial charge in [-0.2, -0.15) is 5.26 Å². The highest BCUT2D eigenvalue weighted by molar-refractivity contribution is 8.26. The van der Waals surface area contributed by atoms with Crippen LogP contribution < -0.4 is 10.5 Å². The first kappa shape index (κ1) is 25.5. The summed E-state index contributed by atoms with van der Waals surface area (Å²) in [5, 5.41) is 9.81. The number of hydrogen-bond donors (Lipinski definition) is 0. The van der Waals surface area contributed by atoms with E-state index in [0.29, 0.717) is 33.8 Å². The van der Waals surface area contributed by atoms with E-state index in [1.54, 1.807) is 9.47 Å². The molecule has 2 aliphatic rings. The molecule has 1 atom stereocenters. The number of anilines is 1. The van der Waals surface area contributed by atoms with Gasteiger partial charge in [-0.05, 0) is 50.2 Å². The number of thiocarbonyl (C=S) groups is 1. The summed E-state index contributed by atoms with van der Waals surface area (Å²) >= 11 is 6.81. The fraction of sp³-hybridized carbons (Fsp3) is 0.600. The molecular weight excluding hydrogens is 452 g/mol. The number of aromatic nitrogens is 1. The van der Waals surface area contributed by atoms with Crippen molar-refractivity contribution in [3.63, 3.8) is 0 Å². The molecule has 3 rings (SSSR count). The second-order valence-electron chi connectivity index (χ2n) is 9.04. The van der Waals surface area contributed by atoms with Crippen molar-refractivity contribution in [1.82, 2.24) is 9.47 Å². The predicted octanol–water partition coefficient (Wildman–Crippen LogP) is 5.07. The molecule has 0 saturated carbocycles. The summed E-state index contributed by atoms with van der Waals surface area (Å²) in [5.41, 5.74) is 1.37. The Morgan fingerprint density at radius 2 is 1.91 bits per heavy atom. The number of thioether (sulfide) groups is 1. The zero-order valence-corrected chi connectivity index (χ0v) is 21.8. The molecule has 0 aliphatic carbocycles. The normalized spacial score (nSPS) is 20.1. The first-order valence-electron chi connectivity index (χ1n) is 12.0. The summed E-state index contributed by atoms with van der Waals surface area (Å²) < 4.78 is 2.35. The van der Waals surface area contributed by atoms with E-state index in [0.717, 1.165) is 63.0 Å². The number of nitrogens with zero attached hydrogens (tertiary/aromatic N) is 4. The third-order valence-corrected chi connectivity index (χ3v) is 7.80. The molecular formula is C25H34N4O2S2. The van der Waals surface area contributed by atoms with Gasteiger partial charge in [0.25, 0.3) is 11.5 Å². The van der Waals surface area contributed by atoms with Crippen LogP contribution in [0, 0.1) is 24.2 Å². The highest BCUT2D eigenvalue weighted by atomic mass is 32.2. The second kappa shape index (κ2) is 11.3. The minimum Gasteiger partial charge on any atom is -0.357 e. The van der Waals surface area contributed by atoms with Crippen molar-refractivity contribution < 1.29 is 4.79 Å². The van der Waals surface area contributed by atoms with Crippen molar-refractivity contribution in [2.45, 2.75) is 72.8 Å². The molecule has 0 bridgehead atoms. The minimum absolute atomic E-state index is 0.0828. The quantitative estimate of drug-likeness (QED) is 0.378. The van der Waals surface area contributed by atoms with Crippen molar-refractivity contribution in [3.8, 4) is 6.07 Å². The topological polar surface area (TPSA) is 69.3 Å². The molecule has 0 radical (unpaired) electrons. The number of nitriles is 1.